The third-order valence-corrected chi connectivity index (χ3v) is 3.40. The highest BCUT2D eigenvalue weighted by Crippen LogP contribution is 2.17. The molecule has 0 spiro atoms. The largest absolute Gasteiger partial charge is 0.344 e. The van der Waals surface area contributed by atoms with Crippen molar-refractivity contribution < 1.29 is 13.6 Å². The minimum Gasteiger partial charge on any atom is -0.344 e. The Balaban J connectivity index is 2.14. The van der Waals surface area contributed by atoms with Gasteiger partial charge < -0.3 is 5.32 Å². The maximum absolute atomic E-state index is 13.2. The SMILES string of the molecule is CCCc1cc(C(=O)NC(C)c2cc(F)cc(F)c2)n(C)n1. The van der Waals surface area contributed by atoms with Gasteiger partial charge in [-0.25, -0.2) is 8.78 Å². The van der Waals surface area contributed by atoms with Gasteiger partial charge >= 0.3 is 0 Å². The second kappa shape index (κ2) is 6.68. The number of carbonyl (C=O) groups excluding carboxylic acids is 1. The first-order valence-electron chi connectivity index (χ1n) is 7.20. The van der Waals surface area contributed by atoms with Crippen LogP contribution in [0, 0.1) is 11.6 Å². The third-order valence-electron chi connectivity index (χ3n) is 3.40. The van der Waals surface area contributed by atoms with Crippen molar-refractivity contribution in [2.45, 2.75) is 32.7 Å². The lowest BCUT2D eigenvalue weighted by Gasteiger charge is -2.14. The molecule has 0 saturated heterocycles. The molecule has 2 rings (SSSR count). The van der Waals surface area contributed by atoms with Crippen molar-refractivity contribution in [1.29, 1.82) is 0 Å². The smallest absolute Gasteiger partial charge is 0.270 e. The first-order valence-corrected chi connectivity index (χ1v) is 7.20. The topological polar surface area (TPSA) is 46.9 Å². The molecule has 2 aromatic rings. The molecular formula is C16H19F2N3O. The molecule has 1 atom stereocenters. The highest BCUT2D eigenvalue weighted by molar-refractivity contribution is 5.92. The van der Waals surface area contributed by atoms with Gasteiger partial charge in [-0.3, -0.25) is 9.48 Å². The molecule has 0 aliphatic rings. The van der Waals surface area contributed by atoms with E-state index in [1.165, 1.54) is 16.8 Å². The molecular weight excluding hydrogens is 288 g/mol. The van der Waals surface area contributed by atoms with Crippen LogP contribution in [0.2, 0.25) is 0 Å². The minimum atomic E-state index is -0.665. The first-order chi connectivity index (χ1) is 10.4. The lowest BCUT2D eigenvalue weighted by molar-refractivity contribution is 0.0930. The number of nitrogens with one attached hydrogen (secondary N) is 1. The molecule has 0 radical (unpaired) electrons. The average molecular weight is 307 g/mol. The van der Waals surface area contributed by atoms with E-state index in [-0.39, 0.29) is 5.91 Å². The van der Waals surface area contributed by atoms with E-state index in [9.17, 15) is 13.6 Å². The Morgan fingerprint density at radius 3 is 2.50 bits per heavy atom. The van der Waals surface area contributed by atoms with Crippen molar-refractivity contribution in [3.05, 3.63) is 52.9 Å². The van der Waals surface area contributed by atoms with Gasteiger partial charge in [0, 0.05) is 13.1 Å². The zero-order chi connectivity index (χ0) is 16.3. The summed E-state index contributed by atoms with van der Waals surface area (Å²) in [5.41, 5.74) is 1.65. The molecule has 1 unspecified atom stereocenters. The molecule has 0 aliphatic heterocycles. The number of aromatic nitrogens is 2. The Morgan fingerprint density at radius 1 is 1.27 bits per heavy atom. The van der Waals surface area contributed by atoms with Gasteiger partial charge in [0.2, 0.25) is 0 Å². The zero-order valence-corrected chi connectivity index (χ0v) is 12.9. The summed E-state index contributed by atoms with van der Waals surface area (Å²) >= 11 is 0. The van der Waals surface area contributed by atoms with Crippen LogP contribution in [0.3, 0.4) is 0 Å². The molecule has 6 heteroatoms. The van der Waals surface area contributed by atoms with E-state index in [2.05, 4.69) is 10.4 Å². The van der Waals surface area contributed by atoms with Crippen molar-refractivity contribution in [3.8, 4) is 0 Å². The van der Waals surface area contributed by atoms with E-state index >= 15 is 0 Å². The van der Waals surface area contributed by atoms with Crippen molar-refractivity contribution in [2.75, 3.05) is 0 Å². The molecule has 1 amide bonds. The Bertz CT molecular complexity index is 662. The van der Waals surface area contributed by atoms with Gasteiger partial charge in [-0.05, 0) is 37.1 Å². The fraction of sp³-hybridized carbons (Fsp3) is 0.375. The van der Waals surface area contributed by atoms with E-state index < -0.39 is 17.7 Å². The normalized spacial score (nSPS) is 12.2. The van der Waals surface area contributed by atoms with Gasteiger partial charge in [0.15, 0.2) is 0 Å². The van der Waals surface area contributed by atoms with Gasteiger partial charge in [0.25, 0.3) is 5.91 Å². The maximum Gasteiger partial charge on any atom is 0.270 e. The fourth-order valence-electron chi connectivity index (χ4n) is 2.30. The summed E-state index contributed by atoms with van der Waals surface area (Å²) in [5.74, 6) is -1.65. The van der Waals surface area contributed by atoms with Crippen LogP contribution in [0.4, 0.5) is 8.78 Å². The summed E-state index contributed by atoms with van der Waals surface area (Å²) in [4.78, 5) is 12.3. The van der Waals surface area contributed by atoms with Crippen molar-refractivity contribution in [2.24, 2.45) is 7.05 Å². The molecule has 118 valence electrons. The van der Waals surface area contributed by atoms with Crippen molar-refractivity contribution in [3.63, 3.8) is 0 Å². The molecule has 0 fully saturated rings. The lowest BCUT2D eigenvalue weighted by Crippen LogP contribution is -2.28. The third kappa shape index (κ3) is 3.69. The molecule has 0 aliphatic carbocycles. The lowest BCUT2D eigenvalue weighted by atomic mass is 10.1. The van der Waals surface area contributed by atoms with Crippen LogP contribution in [-0.2, 0) is 13.5 Å². The van der Waals surface area contributed by atoms with Crippen LogP contribution in [0.5, 0.6) is 0 Å². The van der Waals surface area contributed by atoms with E-state index in [1.54, 1.807) is 20.0 Å². The van der Waals surface area contributed by atoms with Gasteiger partial charge in [0.1, 0.15) is 17.3 Å². The summed E-state index contributed by atoms with van der Waals surface area (Å²) in [6.45, 7) is 3.71. The predicted molar refractivity (Wildman–Crippen MR) is 79.4 cm³/mol. The number of hydrogen-bond donors (Lipinski definition) is 1. The summed E-state index contributed by atoms with van der Waals surface area (Å²) in [7, 11) is 1.70. The van der Waals surface area contributed by atoms with Crippen LogP contribution < -0.4 is 5.32 Å². The van der Waals surface area contributed by atoms with Crippen LogP contribution in [-0.4, -0.2) is 15.7 Å². The second-order valence-electron chi connectivity index (χ2n) is 5.29. The van der Waals surface area contributed by atoms with Crippen LogP contribution in [0.15, 0.2) is 24.3 Å². The van der Waals surface area contributed by atoms with E-state index in [0.29, 0.717) is 11.3 Å². The second-order valence-corrected chi connectivity index (χ2v) is 5.29. The zero-order valence-electron chi connectivity index (χ0n) is 12.9. The summed E-state index contributed by atoms with van der Waals surface area (Å²) < 4.78 is 28.0. The number of benzene rings is 1. The van der Waals surface area contributed by atoms with Crippen LogP contribution in [0.25, 0.3) is 0 Å². The van der Waals surface area contributed by atoms with Gasteiger partial charge in [0.05, 0.1) is 11.7 Å². The number of hydrogen-bond acceptors (Lipinski definition) is 2. The van der Waals surface area contributed by atoms with Gasteiger partial charge in [-0.15, -0.1) is 0 Å². The molecule has 0 saturated carbocycles. The Kier molecular flexibility index (Phi) is 4.90. The van der Waals surface area contributed by atoms with Crippen molar-refractivity contribution >= 4 is 5.91 Å². The molecule has 1 N–H and O–H groups in total. The molecule has 22 heavy (non-hydrogen) atoms. The average Bonchev–Trinajstić information content (AvgIpc) is 2.79. The van der Waals surface area contributed by atoms with Gasteiger partial charge in [-0.1, -0.05) is 13.3 Å². The van der Waals surface area contributed by atoms with Crippen LogP contribution in [0.1, 0.15) is 48.1 Å². The molecule has 1 aromatic heterocycles. The Hall–Kier alpha value is -2.24. The molecule has 0 bridgehead atoms. The summed E-state index contributed by atoms with van der Waals surface area (Å²) in [5, 5.41) is 7.00. The van der Waals surface area contributed by atoms with Crippen LogP contribution >= 0.6 is 0 Å². The Labute approximate surface area is 128 Å². The molecule has 1 aromatic carbocycles. The standard InChI is InChI=1S/C16H19F2N3O/c1-4-5-14-9-15(21(3)20-14)16(22)19-10(2)11-6-12(17)8-13(18)7-11/h6-10H,4-5H2,1-3H3,(H,19,22). The number of halogens is 2. The first kappa shape index (κ1) is 16.1. The van der Waals surface area contributed by atoms with E-state index in [0.717, 1.165) is 24.6 Å². The number of rotatable bonds is 5. The number of carbonyl (C=O) groups is 1. The van der Waals surface area contributed by atoms with E-state index in [1.807, 2.05) is 6.92 Å². The monoisotopic (exact) mass is 307 g/mol. The van der Waals surface area contributed by atoms with E-state index in [4.69, 9.17) is 0 Å². The maximum atomic E-state index is 13.2. The highest BCUT2D eigenvalue weighted by Gasteiger charge is 2.17. The van der Waals surface area contributed by atoms with Crippen molar-refractivity contribution in [1.82, 2.24) is 15.1 Å². The molecule has 1 heterocycles. The fourth-order valence-corrected chi connectivity index (χ4v) is 2.30. The quantitative estimate of drug-likeness (QED) is 0.922. The number of nitrogens with zero attached hydrogens (tertiary/aromatic N) is 2. The number of amides is 1. The highest BCUT2D eigenvalue weighted by atomic mass is 19.1. The Morgan fingerprint density at radius 2 is 1.91 bits per heavy atom. The summed E-state index contributed by atoms with van der Waals surface area (Å²) in [6, 6.07) is 4.44. The number of aryl methyl sites for hydroxylation is 2. The molecule has 4 nitrogen and oxygen atoms in total. The van der Waals surface area contributed by atoms with Gasteiger partial charge in [-0.2, -0.15) is 5.10 Å². The minimum absolute atomic E-state index is 0.325. The predicted octanol–water partition coefficient (Wildman–Crippen LogP) is 3.14. The summed E-state index contributed by atoms with van der Waals surface area (Å²) in [6.07, 6.45) is 1.74.